The normalized spacial score (nSPS) is 12.0. The molecule has 0 radical (unpaired) electrons. The van der Waals surface area contributed by atoms with Gasteiger partial charge in [-0.2, -0.15) is 0 Å². The van der Waals surface area contributed by atoms with Crippen molar-refractivity contribution in [2.75, 3.05) is 20.4 Å². The Labute approximate surface area is 149 Å². The van der Waals surface area contributed by atoms with E-state index in [1.807, 2.05) is 35.7 Å². The number of thiophene rings is 1. The molecule has 2 aromatic rings. The van der Waals surface area contributed by atoms with Gasteiger partial charge in [0.25, 0.3) is 0 Å². The zero-order valence-electron chi connectivity index (χ0n) is 13.9. The molecule has 1 aromatic heterocycles. The quantitative estimate of drug-likeness (QED) is 0.710. The lowest BCUT2D eigenvalue weighted by atomic mass is 10.1. The lowest BCUT2D eigenvalue weighted by Crippen LogP contribution is -2.33. The van der Waals surface area contributed by atoms with Crippen molar-refractivity contribution in [2.24, 2.45) is 0 Å². The van der Waals surface area contributed by atoms with E-state index >= 15 is 0 Å². The van der Waals surface area contributed by atoms with Crippen molar-refractivity contribution >= 4 is 23.2 Å². The molecular weight excluding hydrogens is 342 g/mol. The van der Waals surface area contributed by atoms with Gasteiger partial charge >= 0.3 is 5.97 Å². The summed E-state index contributed by atoms with van der Waals surface area (Å²) in [6, 6.07) is 9.45. The first-order chi connectivity index (χ1) is 12.2. The van der Waals surface area contributed by atoms with E-state index in [9.17, 15) is 9.59 Å². The van der Waals surface area contributed by atoms with E-state index in [1.165, 1.54) is 7.11 Å². The Balaban J connectivity index is 1.70. The van der Waals surface area contributed by atoms with Crippen LogP contribution >= 0.6 is 11.3 Å². The molecule has 0 N–H and O–H groups in total. The number of benzene rings is 1. The number of esters is 1. The third kappa shape index (κ3) is 4.51. The van der Waals surface area contributed by atoms with Gasteiger partial charge in [0, 0.05) is 18.0 Å². The Bertz CT molecular complexity index is 744. The molecule has 7 heteroatoms. The number of methoxy groups -OCH3 is 1. The molecule has 2 heterocycles. The molecule has 0 fully saturated rings. The summed E-state index contributed by atoms with van der Waals surface area (Å²) in [7, 11) is 1.35. The number of carbonyl (C=O) groups excluding carboxylic acids is 2. The molecule has 0 atom stereocenters. The maximum atomic E-state index is 12.7. The molecule has 0 spiro atoms. The summed E-state index contributed by atoms with van der Waals surface area (Å²) in [5.74, 6) is 1.02. The maximum Gasteiger partial charge on any atom is 0.307 e. The van der Waals surface area contributed by atoms with Crippen LogP contribution < -0.4 is 9.47 Å². The van der Waals surface area contributed by atoms with Crippen molar-refractivity contribution in [1.29, 1.82) is 0 Å². The first-order valence-corrected chi connectivity index (χ1v) is 8.79. The zero-order chi connectivity index (χ0) is 17.6. The molecule has 0 saturated carbocycles. The number of nitrogens with zero attached hydrogens (tertiary/aromatic N) is 1. The van der Waals surface area contributed by atoms with Gasteiger partial charge in [-0.1, -0.05) is 12.1 Å². The van der Waals surface area contributed by atoms with Crippen LogP contribution in [0.5, 0.6) is 11.5 Å². The molecule has 6 nitrogen and oxygen atoms in total. The van der Waals surface area contributed by atoms with Crippen molar-refractivity contribution < 1.29 is 23.8 Å². The number of amides is 1. The van der Waals surface area contributed by atoms with Gasteiger partial charge in [0.2, 0.25) is 12.7 Å². The molecule has 1 aromatic carbocycles. The molecule has 1 amide bonds. The van der Waals surface area contributed by atoms with Crippen LogP contribution in [0.15, 0.2) is 35.7 Å². The number of hydrogen-bond donors (Lipinski definition) is 0. The Kier molecular flexibility index (Phi) is 5.55. The molecule has 132 valence electrons. The van der Waals surface area contributed by atoms with Crippen molar-refractivity contribution in [2.45, 2.75) is 19.4 Å². The van der Waals surface area contributed by atoms with Gasteiger partial charge in [-0.25, -0.2) is 0 Å². The van der Waals surface area contributed by atoms with Crippen molar-refractivity contribution in [3.8, 4) is 11.5 Å². The standard InChI is InChI=1S/C18H19NO5S/c1-22-18(21)6-7-19(17(20)10-14-3-2-8-25-14)11-13-4-5-15-16(9-13)24-12-23-15/h2-5,8-9H,6-7,10-12H2,1H3. The second-order valence-corrected chi connectivity index (χ2v) is 6.62. The first-order valence-electron chi connectivity index (χ1n) is 7.91. The van der Waals surface area contributed by atoms with Gasteiger partial charge < -0.3 is 19.1 Å². The minimum atomic E-state index is -0.334. The predicted octanol–water partition coefficient (Wildman–Crippen LogP) is 2.61. The summed E-state index contributed by atoms with van der Waals surface area (Å²) in [6.07, 6.45) is 0.487. The number of carbonyl (C=O) groups is 2. The fourth-order valence-corrected chi connectivity index (χ4v) is 3.25. The summed E-state index contributed by atoms with van der Waals surface area (Å²) in [4.78, 5) is 26.8. The van der Waals surface area contributed by atoms with E-state index in [0.29, 0.717) is 31.0 Å². The second kappa shape index (κ2) is 8.02. The maximum absolute atomic E-state index is 12.7. The molecule has 1 aliphatic heterocycles. The fraction of sp³-hybridized carbons (Fsp3) is 0.333. The lowest BCUT2D eigenvalue weighted by molar-refractivity contribution is -0.141. The minimum Gasteiger partial charge on any atom is -0.469 e. The van der Waals surface area contributed by atoms with Gasteiger partial charge in [0.05, 0.1) is 20.0 Å². The number of ether oxygens (including phenoxy) is 3. The van der Waals surface area contributed by atoms with Gasteiger partial charge in [-0.3, -0.25) is 9.59 Å². The first kappa shape index (κ1) is 17.3. The van der Waals surface area contributed by atoms with Crippen molar-refractivity contribution in [3.05, 3.63) is 46.2 Å². The molecule has 0 unspecified atom stereocenters. The summed E-state index contributed by atoms with van der Waals surface area (Å²) < 4.78 is 15.4. The van der Waals surface area contributed by atoms with Crippen LogP contribution in [-0.4, -0.2) is 37.2 Å². The Morgan fingerprint density at radius 2 is 2.08 bits per heavy atom. The average molecular weight is 361 g/mol. The lowest BCUT2D eigenvalue weighted by Gasteiger charge is -2.22. The minimum absolute atomic E-state index is 0.0241. The van der Waals surface area contributed by atoms with E-state index in [4.69, 9.17) is 9.47 Å². The molecule has 0 aliphatic carbocycles. The largest absolute Gasteiger partial charge is 0.469 e. The third-order valence-corrected chi connectivity index (χ3v) is 4.76. The van der Waals surface area contributed by atoms with Crippen LogP contribution in [0.4, 0.5) is 0 Å². The topological polar surface area (TPSA) is 65.1 Å². The smallest absolute Gasteiger partial charge is 0.307 e. The van der Waals surface area contributed by atoms with Gasteiger partial charge in [0.15, 0.2) is 11.5 Å². The molecule has 1 aliphatic rings. The van der Waals surface area contributed by atoms with Crippen molar-refractivity contribution in [1.82, 2.24) is 4.90 Å². The molecule has 3 rings (SSSR count). The molecule has 25 heavy (non-hydrogen) atoms. The van der Waals surface area contributed by atoms with E-state index in [1.54, 1.807) is 16.2 Å². The van der Waals surface area contributed by atoms with Crippen LogP contribution in [0, 0.1) is 0 Å². The molecular formula is C18H19NO5S. The van der Waals surface area contributed by atoms with E-state index in [2.05, 4.69) is 4.74 Å². The summed E-state index contributed by atoms with van der Waals surface area (Å²) in [6.45, 7) is 0.922. The zero-order valence-corrected chi connectivity index (χ0v) is 14.7. The Morgan fingerprint density at radius 1 is 1.24 bits per heavy atom. The predicted molar refractivity (Wildman–Crippen MR) is 92.6 cm³/mol. The van der Waals surface area contributed by atoms with E-state index < -0.39 is 0 Å². The monoisotopic (exact) mass is 361 g/mol. The number of rotatable bonds is 7. The van der Waals surface area contributed by atoms with Gasteiger partial charge in [0.1, 0.15) is 0 Å². The van der Waals surface area contributed by atoms with Crippen LogP contribution in [0.2, 0.25) is 0 Å². The number of hydrogen-bond acceptors (Lipinski definition) is 6. The third-order valence-electron chi connectivity index (χ3n) is 3.88. The van der Waals surface area contributed by atoms with Crippen molar-refractivity contribution in [3.63, 3.8) is 0 Å². The average Bonchev–Trinajstić information content (AvgIpc) is 3.29. The highest BCUT2D eigenvalue weighted by Gasteiger charge is 2.19. The highest BCUT2D eigenvalue weighted by atomic mass is 32.1. The summed E-state index contributed by atoms with van der Waals surface area (Å²) >= 11 is 1.54. The van der Waals surface area contributed by atoms with Gasteiger partial charge in [-0.15, -0.1) is 11.3 Å². The SMILES string of the molecule is COC(=O)CCN(Cc1ccc2c(c1)OCO2)C(=O)Cc1cccs1. The van der Waals surface area contributed by atoms with Crippen LogP contribution in [0.3, 0.4) is 0 Å². The summed E-state index contributed by atoms with van der Waals surface area (Å²) in [5, 5.41) is 1.94. The van der Waals surface area contributed by atoms with Gasteiger partial charge in [-0.05, 0) is 29.1 Å². The fourth-order valence-electron chi connectivity index (χ4n) is 2.55. The van der Waals surface area contributed by atoms with E-state index in [-0.39, 0.29) is 25.1 Å². The van der Waals surface area contributed by atoms with E-state index in [0.717, 1.165) is 10.4 Å². The Morgan fingerprint density at radius 3 is 2.84 bits per heavy atom. The second-order valence-electron chi connectivity index (χ2n) is 5.59. The van der Waals surface area contributed by atoms with Crippen LogP contribution in [0.1, 0.15) is 16.9 Å². The Hall–Kier alpha value is -2.54. The molecule has 0 saturated heterocycles. The highest BCUT2D eigenvalue weighted by molar-refractivity contribution is 7.10. The highest BCUT2D eigenvalue weighted by Crippen LogP contribution is 2.32. The molecule has 0 bridgehead atoms. The summed E-state index contributed by atoms with van der Waals surface area (Å²) in [5.41, 5.74) is 0.925. The van der Waals surface area contributed by atoms with Crippen LogP contribution in [0.25, 0.3) is 0 Å². The number of fused-ring (bicyclic) bond motifs is 1. The van der Waals surface area contributed by atoms with Crippen LogP contribution in [-0.2, 0) is 27.3 Å².